The maximum atomic E-state index is 12.1. The number of carbonyl (C=O) groups is 2. The fraction of sp³-hybridized carbons (Fsp3) is 0.429. The first-order chi connectivity index (χ1) is 11.9. The Labute approximate surface area is 149 Å². The van der Waals surface area contributed by atoms with Crippen molar-refractivity contribution in [1.82, 2.24) is 5.32 Å². The van der Waals surface area contributed by atoms with E-state index in [0.29, 0.717) is 18.7 Å². The molecule has 0 heterocycles. The lowest BCUT2D eigenvalue weighted by atomic mass is 9.89. The van der Waals surface area contributed by atoms with E-state index in [4.69, 9.17) is 4.74 Å². The van der Waals surface area contributed by atoms with Crippen LogP contribution in [0.2, 0.25) is 0 Å². The molecule has 2 aromatic rings. The molecule has 0 atom stereocenters. The van der Waals surface area contributed by atoms with Crippen LogP contribution in [0.15, 0.2) is 42.5 Å². The van der Waals surface area contributed by atoms with Gasteiger partial charge in [-0.25, -0.2) is 4.79 Å². The van der Waals surface area contributed by atoms with Crippen molar-refractivity contribution in [1.29, 1.82) is 0 Å². The summed E-state index contributed by atoms with van der Waals surface area (Å²) in [5, 5.41) is 5.06. The van der Waals surface area contributed by atoms with Crippen LogP contribution < -0.4 is 5.32 Å². The topological polar surface area (TPSA) is 55.4 Å². The van der Waals surface area contributed by atoms with Gasteiger partial charge in [-0.15, -0.1) is 0 Å². The summed E-state index contributed by atoms with van der Waals surface area (Å²) in [6.45, 7) is 6.85. The van der Waals surface area contributed by atoms with Gasteiger partial charge in [-0.1, -0.05) is 51.1 Å². The van der Waals surface area contributed by atoms with E-state index in [1.54, 1.807) is 6.07 Å². The van der Waals surface area contributed by atoms with Crippen molar-refractivity contribution in [3.05, 3.63) is 48.0 Å². The van der Waals surface area contributed by atoms with Gasteiger partial charge in [-0.3, -0.25) is 4.79 Å². The summed E-state index contributed by atoms with van der Waals surface area (Å²) >= 11 is 0. The Bertz CT molecular complexity index is 737. The van der Waals surface area contributed by atoms with Crippen molar-refractivity contribution in [2.24, 2.45) is 5.41 Å². The summed E-state index contributed by atoms with van der Waals surface area (Å²) in [4.78, 5) is 24.0. The number of hydrogen-bond acceptors (Lipinski definition) is 3. The Balaban J connectivity index is 1.71. The average Bonchev–Trinajstić information content (AvgIpc) is 2.63. The molecule has 0 aromatic heterocycles. The number of esters is 1. The van der Waals surface area contributed by atoms with Gasteiger partial charge in [0.25, 0.3) is 0 Å². The molecule has 0 aliphatic rings. The van der Waals surface area contributed by atoms with Gasteiger partial charge in [0, 0.05) is 12.0 Å². The molecule has 1 N–H and O–H groups in total. The maximum Gasteiger partial charge on any atom is 0.338 e. The Morgan fingerprint density at radius 3 is 2.48 bits per heavy atom. The standard InChI is InChI=1S/C21H27NO3/c1-4-21(2,3)20(24)22-13-7-8-14-25-19(23)18-12-11-16-9-5-6-10-17(16)15-18/h5-6,9-12,15H,4,7-8,13-14H2,1-3H3,(H,22,24). The summed E-state index contributed by atoms with van der Waals surface area (Å²) in [6.07, 6.45) is 2.32. The third-order valence-corrected chi connectivity index (χ3v) is 4.57. The summed E-state index contributed by atoms with van der Waals surface area (Å²) in [7, 11) is 0. The average molecular weight is 341 g/mol. The largest absolute Gasteiger partial charge is 0.462 e. The SMILES string of the molecule is CCC(C)(C)C(=O)NCCCCOC(=O)c1ccc2ccccc2c1. The molecule has 4 nitrogen and oxygen atoms in total. The molecule has 0 aliphatic carbocycles. The third kappa shape index (κ3) is 5.31. The van der Waals surface area contributed by atoms with Crippen molar-refractivity contribution < 1.29 is 14.3 Å². The van der Waals surface area contributed by atoms with Gasteiger partial charge in [0.2, 0.25) is 5.91 Å². The number of hydrogen-bond donors (Lipinski definition) is 1. The second-order valence-corrected chi connectivity index (χ2v) is 6.90. The Kier molecular flexibility index (Phi) is 6.57. The highest BCUT2D eigenvalue weighted by Gasteiger charge is 2.24. The fourth-order valence-corrected chi connectivity index (χ4v) is 2.39. The molecule has 0 aliphatic heterocycles. The summed E-state index contributed by atoms with van der Waals surface area (Å²) in [5.41, 5.74) is 0.236. The van der Waals surface area contributed by atoms with Crippen molar-refractivity contribution in [2.45, 2.75) is 40.0 Å². The molecule has 0 radical (unpaired) electrons. The van der Waals surface area contributed by atoms with Crippen LogP contribution in [-0.2, 0) is 9.53 Å². The predicted octanol–water partition coefficient (Wildman–Crippen LogP) is 4.33. The Hall–Kier alpha value is -2.36. The number of fused-ring (bicyclic) bond motifs is 1. The van der Waals surface area contributed by atoms with E-state index < -0.39 is 0 Å². The van der Waals surface area contributed by atoms with Crippen molar-refractivity contribution in [3.8, 4) is 0 Å². The van der Waals surface area contributed by atoms with Gasteiger partial charge < -0.3 is 10.1 Å². The minimum atomic E-state index is -0.331. The molecule has 0 spiro atoms. The second-order valence-electron chi connectivity index (χ2n) is 6.90. The summed E-state index contributed by atoms with van der Waals surface area (Å²) in [6, 6.07) is 13.5. The van der Waals surface area contributed by atoms with Gasteiger partial charge in [-0.2, -0.15) is 0 Å². The monoisotopic (exact) mass is 341 g/mol. The van der Waals surface area contributed by atoms with E-state index in [1.165, 1.54) is 0 Å². The molecule has 2 aromatic carbocycles. The lowest BCUT2D eigenvalue weighted by molar-refractivity contribution is -0.129. The first kappa shape index (κ1) is 19.0. The van der Waals surface area contributed by atoms with Gasteiger partial charge in [0.15, 0.2) is 0 Å². The van der Waals surface area contributed by atoms with Crippen LogP contribution in [0, 0.1) is 5.41 Å². The molecule has 134 valence electrons. The summed E-state index contributed by atoms with van der Waals surface area (Å²) < 4.78 is 5.32. The molecule has 2 rings (SSSR count). The fourth-order valence-electron chi connectivity index (χ4n) is 2.39. The number of carbonyl (C=O) groups excluding carboxylic acids is 2. The highest BCUT2D eigenvalue weighted by Crippen LogP contribution is 2.19. The van der Waals surface area contributed by atoms with E-state index >= 15 is 0 Å². The highest BCUT2D eigenvalue weighted by molar-refractivity contribution is 5.95. The van der Waals surface area contributed by atoms with Gasteiger partial charge in [0.05, 0.1) is 12.2 Å². The number of rotatable bonds is 8. The lowest BCUT2D eigenvalue weighted by Crippen LogP contribution is -2.37. The van der Waals surface area contributed by atoms with E-state index in [-0.39, 0.29) is 17.3 Å². The molecular formula is C21H27NO3. The lowest BCUT2D eigenvalue weighted by Gasteiger charge is -2.21. The Morgan fingerprint density at radius 1 is 1.04 bits per heavy atom. The van der Waals surface area contributed by atoms with E-state index in [1.807, 2.05) is 57.2 Å². The number of nitrogens with one attached hydrogen (secondary N) is 1. The first-order valence-corrected chi connectivity index (χ1v) is 8.88. The zero-order valence-electron chi connectivity index (χ0n) is 15.3. The molecule has 0 bridgehead atoms. The molecular weight excluding hydrogens is 314 g/mol. The number of amides is 1. The van der Waals surface area contributed by atoms with Crippen LogP contribution >= 0.6 is 0 Å². The number of ether oxygens (including phenoxy) is 1. The molecule has 1 amide bonds. The highest BCUT2D eigenvalue weighted by atomic mass is 16.5. The van der Waals surface area contributed by atoms with Gasteiger partial charge in [-0.05, 0) is 42.2 Å². The molecule has 0 saturated heterocycles. The zero-order valence-corrected chi connectivity index (χ0v) is 15.3. The smallest absolute Gasteiger partial charge is 0.338 e. The minimum Gasteiger partial charge on any atom is -0.462 e. The van der Waals surface area contributed by atoms with Gasteiger partial charge >= 0.3 is 5.97 Å². The normalized spacial score (nSPS) is 11.3. The minimum absolute atomic E-state index is 0.0724. The predicted molar refractivity (Wildman–Crippen MR) is 101 cm³/mol. The molecule has 25 heavy (non-hydrogen) atoms. The van der Waals surface area contributed by atoms with Crippen LogP contribution in [0.5, 0.6) is 0 Å². The zero-order chi connectivity index (χ0) is 18.3. The van der Waals surface area contributed by atoms with Crippen LogP contribution in [0.4, 0.5) is 0 Å². The van der Waals surface area contributed by atoms with E-state index in [9.17, 15) is 9.59 Å². The van der Waals surface area contributed by atoms with Crippen molar-refractivity contribution in [3.63, 3.8) is 0 Å². The van der Waals surface area contributed by atoms with Crippen LogP contribution in [0.1, 0.15) is 50.4 Å². The summed E-state index contributed by atoms with van der Waals surface area (Å²) in [5.74, 6) is -0.231. The van der Waals surface area contributed by atoms with Crippen LogP contribution in [0.3, 0.4) is 0 Å². The maximum absolute atomic E-state index is 12.1. The number of benzene rings is 2. The first-order valence-electron chi connectivity index (χ1n) is 8.88. The second kappa shape index (κ2) is 8.65. The van der Waals surface area contributed by atoms with Gasteiger partial charge in [0.1, 0.15) is 0 Å². The quantitative estimate of drug-likeness (QED) is 0.574. The molecule has 4 heteroatoms. The third-order valence-electron chi connectivity index (χ3n) is 4.57. The molecule has 0 saturated carbocycles. The van der Waals surface area contributed by atoms with Crippen molar-refractivity contribution >= 4 is 22.6 Å². The van der Waals surface area contributed by atoms with Crippen LogP contribution in [-0.4, -0.2) is 25.0 Å². The molecule has 0 fully saturated rings. The van der Waals surface area contributed by atoms with E-state index in [0.717, 1.165) is 30.0 Å². The Morgan fingerprint density at radius 2 is 1.76 bits per heavy atom. The van der Waals surface area contributed by atoms with E-state index in [2.05, 4.69) is 5.32 Å². The van der Waals surface area contributed by atoms with Crippen LogP contribution in [0.25, 0.3) is 10.8 Å². The number of unbranched alkanes of at least 4 members (excludes halogenated alkanes) is 1. The molecule has 0 unspecified atom stereocenters. The van der Waals surface area contributed by atoms with Crippen molar-refractivity contribution in [2.75, 3.05) is 13.2 Å².